The molecule has 0 aliphatic heterocycles. The first kappa shape index (κ1) is 52.4. The minimum absolute atomic E-state index is 0.0270. The van der Waals surface area contributed by atoms with E-state index >= 15 is 0 Å². The molecule has 3 N–H and O–H groups in total. The normalized spacial score (nSPS) is 19.9. The highest BCUT2D eigenvalue weighted by atomic mass is 31.2. The van der Waals surface area contributed by atoms with Gasteiger partial charge in [-0.1, -0.05) is 135 Å². The summed E-state index contributed by atoms with van der Waals surface area (Å²) in [7, 11) is 1.55. The Morgan fingerprint density at radius 3 is 2.07 bits per heavy atom. The van der Waals surface area contributed by atoms with Crippen LogP contribution in [0.25, 0.3) is 0 Å². The van der Waals surface area contributed by atoms with Gasteiger partial charge in [0.25, 0.3) is 0 Å². The highest BCUT2D eigenvalue weighted by Gasteiger charge is 2.39. The highest BCUT2D eigenvalue weighted by Crippen LogP contribution is 2.43. The molecule has 0 amide bonds. The second kappa shape index (κ2) is 32.3. The Balaban J connectivity index is 2.44. The molecule has 0 heterocycles. The summed E-state index contributed by atoms with van der Waals surface area (Å²) in [5.74, 6) is -0.871. The number of phosphoric acid groups is 1. The summed E-state index contributed by atoms with van der Waals surface area (Å²) < 4.78 is 34.7. The molecule has 0 spiro atoms. The van der Waals surface area contributed by atoms with Crippen molar-refractivity contribution >= 4 is 19.6 Å². The van der Waals surface area contributed by atoms with Crippen molar-refractivity contribution in [3.63, 3.8) is 0 Å². The van der Waals surface area contributed by atoms with Crippen molar-refractivity contribution in [1.82, 2.24) is 0 Å². The van der Waals surface area contributed by atoms with Crippen molar-refractivity contribution in [3.05, 3.63) is 24.5 Å². The molecule has 328 valence electrons. The Kier molecular flexibility index (Phi) is 30.2. The summed E-state index contributed by atoms with van der Waals surface area (Å²) in [5.41, 5.74) is 0. The van der Waals surface area contributed by atoms with Crippen molar-refractivity contribution in [2.45, 2.75) is 186 Å². The van der Waals surface area contributed by atoms with Gasteiger partial charge < -0.3 is 29.1 Å². The molecule has 1 aliphatic rings. The molecule has 1 rings (SSSR count). The number of aliphatic hydroxyl groups is 2. The van der Waals surface area contributed by atoms with Crippen LogP contribution in [0.2, 0.25) is 0 Å². The van der Waals surface area contributed by atoms with E-state index in [1.165, 1.54) is 64.2 Å². The van der Waals surface area contributed by atoms with Gasteiger partial charge in [0.1, 0.15) is 25.5 Å². The number of nitrogens with zero attached hydrogens (tertiary/aromatic N) is 1. The number of ether oxygens (including phenoxy) is 2. The van der Waals surface area contributed by atoms with E-state index in [1.54, 1.807) is 18.4 Å². The van der Waals surface area contributed by atoms with Gasteiger partial charge in [-0.3, -0.25) is 18.6 Å². The van der Waals surface area contributed by atoms with Crippen molar-refractivity contribution in [1.29, 1.82) is 0 Å². The summed E-state index contributed by atoms with van der Waals surface area (Å²) in [4.78, 5) is 35.3. The fourth-order valence-corrected chi connectivity index (χ4v) is 7.65. The molecule has 1 aliphatic carbocycles. The number of hydrogen-bond donors (Lipinski definition) is 3. The lowest BCUT2D eigenvalue weighted by Crippen LogP contribution is -2.37. The maximum absolute atomic E-state index is 12.6. The van der Waals surface area contributed by atoms with Gasteiger partial charge in [-0.2, -0.15) is 0 Å². The Morgan fingerprint density at radius 1 is 0.839 bits per heavy atom. The summed E-state index contributed by atoms with van der Waals surface area (Å²) >= 11 is 0. The second-order valence-corrected chi connectivity index (χ2v) is 18.4. The van der Waals surface area contributed by atoms with E-state index in [2.05, 4.69) is 13.8 Å². The molecular weight excluding hydrogens is 733 g/mol. The molecule has 0 bridgehead atoms. The van der Waals surface area contributed by atoms with Crippen LogP contribution in [0.3, 0.4) is 0 Å². The largest absolute Gasteiger partial charge is 0.492 e. The van der Waals surface area contributed by atoms with Crippen LogP contribution in [0.5, 0.6) is 0 Å². The van der Waals surface area contributed by atoms with Gasteiger partial charge in [-0.15, -0.1) is 0 Å². The lowest BCUT2D eigenvalue weighted by molar-refractivity contribution is -0.870. The van der Waals surface area contributed by atoms with Crippen molar-refractivity contribution < 1.29 is 52.3 Å². The number of ketones is 1. The van der Waals surface area contributed by atoms with Crippen LogP contribution in [0.4, 0.5) is 0 Å². The molecule has 12 heteroatoms. The first-order valence-corrected chi connectivity index (χ1v) is 23.7. The SMILES string of the molecule is CCCCCCCCCCCCCC/C=C/O[C@H](COC(=O)CCCCCC[C@H]1[C@@H](O)CC(=O)[C@@H]1/C=C/[C@@H](O)CCCCC)COP(=O)(O)OCC[N+](C)(C)C. The van der Waals surface area contributed by atoms with Crippen LogP contribution in [0, 0.1) is 11.8 Å². The second-order valence-electron chi connectivity index (χ2n) is 16.9. The monoisotopic (exact) mass is 817 g/mol. The first-order chi connectivity index (χ1) is 26.8. The zero-order chi connectivity index (χ0) is 41.5. The number of carbonyl (C=O) groups is 2. The maximum atomic E-state index is 12.6. The fourth-order valence-electron chi connectivity index (χ4n) is 6.91. The van der Waals surface area contributed by atoms with E-state index in [0.29, 0.717) is 30.3 Å². The third-order valence-corrected chi connectivity index (χ3v) is 11.5. The zero-order valence-electron chi connectivity index (χ0n) is 36.1. The predicted octanol–water partition coefficient (Wildman–Crippen LogP) is 9.76. The third kappa shape index (κ3) is 28.8. The van der Waals surface area contributed by atoms with Gasteiger partial charge in [0, 0.05) is 18.8 Å². The van der Waals surface area contributed by atoms with Gasteiger partial charge in [-0.25, -0.2) is 4.57 Å². The number of phosphoric ester groups is 1. The van der Waals surface area contributed by atoms with Crippen LogP contribution in [-0.4, -0.2) is 97.2 Å². The van der Waals surface area contributed by atoms with E-state index in [0.717, 1.165) is 57.8 Å². The predicted molar refractivity (Wildman–Crippen MR) is 225 cm³/mol. The number of allylic oxidation sites excluding steroid dienone is 2. The van der Waals surface area contributed by atoms with Crippen LogP contribution in [0.15, 0.2) is 24.5 Å². The number of quaternary nitrogens is 1. The molecule has 1 fully saturated rings. The average Bonchev–Trinajstić information content (AvgIpc) is 3.41. The van der Waals surface area contributed by atoms with Gasteiger partial charge in [-0.05, 0) is 44.1 Å². The lowest BCUT2D eigenvalue weighted by Gasteiger charge is -2.24. The molecule has 0 aromatic carbocycles. The summed E-state index contributed by atoms with van der Waals surface area (Å²) in [5, 5.41) is 20.8. The van der Waals surface area contributed by atoms with Gasteiger partial charge in [0.15, 0.2) is 6.10 Å². The topological polar surface area (TPSA) is 149 Å². The lowest BCUT2D eigenvalue weighted by atomic mass is 9.88. The number of rotatable bonds is 37. The number of aliphatic hydroxyl groups excluding tert-OH is 2. The molecule has 11 nitrogen and oxygen atoms in total. The number of likely N-dealkylation sites (N-methyl/N-ethyl adjacent to an activating group) is 1. The molecule has 0 radical (unpaired) electrons. The Hall–Kier alpha value is -1.59. The van der Waals surface area contributed by atoms with Gasteiger partial charge in [0.2, 0.25) is 0 Å². The molecular formula is C44H83NO10P+. The summed E-state index contributed by atoms with van der Waals surface area (Å²) in [6.07, 6.45) is 29.3. The standard InChI is InChI=1S/C44H82NO10P/c1-6-8-10-11-12-13-14-15-16-17-18-19-22-26-33-52-39(37-55-56(50,51)54-34-32-45(3,4)5)36-53-44(49)29-25-21-20-24-28-40-41(43(48)35-42(40)47)31-30-38(46)27-23-9-7-2/h26,30-31,33,38-42,46-47H,6-25,27-29,32,34-37H2,1-5H3/p+1/b31-30+,33-26+/t38-,39+,40+,41+,42-/m0/s1. The minimum Gasteiger partial charge on any atom is -0.492 e. The van der Waals surface area contributed by atoms with E-state index < -0.39 is 26.1 Å². The van der Waals surface area contributed by atoms with Crippen LogP contribution >= 0.6 is 7.82 Å². The average molecular weight is 817 g/mol. The molecule has 56 heavy (non-hydrogen) atoms. The van der Waals surface area contributed by atoms with Crippen molar-refractivity contribution in [3.8, 4) is 0 Å². The summed E-state index contributed by atoms with van der Waals surface area (Å²) in [6, 6.07) is 0. The quantitative estimate of drug-likeness (QED) is 0.0138. The summed E-state index contributed by atoms with van der Waals surface area (Å²) in [6.45, 7) is 4.54. The van der Waals surface area contributed by atoms with Gasteiger partial charge >= 0.3 is 13.8 Å². The third-order valence-electron chi connectivity index (χ3n) is 10.5. The highest BCUT2D eigenvalue weighted by molar-refractivity contribution is 7.47. The minimum atomic E-state index is -4.32. The first-order valence-electron chi connectivity index (χ1n) is 22.2. The Labute approximate surface area is 341 Å². The van der Waals surface area contributed by atoms with E-state index in [-0.39, 0.29) is 56.3 Å². The van der Waals surface area contributed by atoms with E-state index in [1.807, 2.05) is 27.2 Å². The number of carbonyl (C=O) groups excluding carboxylic acids is 2. The molecule has 0 aromatic heterocycles. The molecule has 0 aromatic rings. The number of esters is 1. The van der Waals surface area contributed by atoms with E-state index in [4.69, 9.17) is 18.5 Å². The van der Waals surface area contributed by atoms with E-state index in [9.17, 15) is 29.3 Å². The van der Waals surface area contributed by atoms with Gasteiger partial charge in [0.05, 0.1) is 46.2 Å². The maximum Gasteiger partial charge on any atom is 0.472 e. The molecule has 1 unspecified atom stereocenters. The smallest absolute Gasteiger partial charge is 0.472 e. The fraction of sp³-hybridized carbons (Fsp3) is 0.864. The van der Waals surface area contributed by atoms with Crippen molar-refractivity contribution in [2.75, 3.05) is 47.5 Å². The molecule has 6 atom stereocenters. The molecule has 0 saturated heterocycles. The zero-order valence-corrected chi connectivity index (χ0v) is 37.0. The molecule has 1 saturated carbocycles. The number of hydrogen-bond acceptors (Lipinski definition) is 9. The Bertz CT molecular complexity index is 1110. The number of Topliss-reactive ketones (excluding diaryl/α,β-unsaturated/α-hetero) is 1. The number of unbranched alkanes of at least 4 members (excludes halogenated alkanes) is 17. The van der Waals surface area contributed by atoms with Crippen LogP contribution in [-0.2, 0) is 32.7 Å². The Morgan fingerprint density at radius 2 is 1.43 bits per heavy atom. The van der Waals surface area contributed by atoms with Crippen molar-refractivity contribution in [2.24, 2.45) is 11.8 Å². The van der Waals surface area contributed by atoms with Crippen LogP contribution < -0.4 is 0 Å². The van der Waals surface area contributed by atoms with Crippen LogP contribution in [0.1, 0.15) is 168 Å².